The standard InChI is InChI=1S/C14H10BrNOS/c1-17-12-6-2-3-7-14(12)18-13-8-4-5-11(15)10(13)9-16/h2-8H,1H3. The Morgan fingerprint density at radius 1 is 1.11 bits per heavy atom. The number of rotatable bonds is 3. The number of hydrogen-bond donors (Lipinski definition) is 0. The van der Waals surface area contributed by atoms with Gasteiger partial charge in [-0.05, 0) is 40.2 Å². The molecule has 0 unspecified atom stereocenters. The maximum absolute atomic E-state index is 9.18. The number of nitrogens with zero attached hydrogens (tertiary/aromatic N) is 1. The van der Waals surface area contributed by atoms with Crippen LogP contribution in [0.5, 0.6) is 5.75 Å². The van der Waals surface area contributed by atoms with E-state index in [9.17, 15) is 5.26 Å². The van der Waals surface area contributed by atoms with Crippen LogP contribution in [0.1, 0.15) is 5.56 Å². The molecule has 0 amide bonds. The summed E-state index contributed by atoms with van der Waals surface area (Å²) in [6.07, 6.45) is 0. The third kappa shape index (κ3) is 2.69. The SMILES string of the molecule is COc1ccccc1Sc1cccc(Br)c1C#N. The molecule has 2 aromatic carbocycles. The van der Waals surface area contributed by atoms with Gasteiger partial charge in [0.15, 0.2) is 0 Å². The first-order valence-electron chi connectivity index (χ1n) is 5.25. The summed E-state index contributed by atoms with van der Waals surface area (Å²) in [6.45, 7) is 0. The molecule has 0 fully saturated rings. The Morgan fingerprint density at radius 2 is 1.83 bits per heavy atom. The van der Waals surface area contributed by atoms with Crippen LogP contribution in [-0.4, -0.2) is 7.11 Å². The van der Waals surface area contributed by atoms with Gasteiger partial charge in [0.05, 0.1) is 17.6 Å². The number of nitriles is 1. The highest BCUT2D eigenvalue weighted by molar-refractivity contribution is 9.10. The zero-order valence-corrected chi connectivity index (χ0v) is 12.1. The van der Waals surface area contributed by atoms with Crippen molar-refractivity contribution in [1.82, 2.24) is 0 Å². The Hall–Kier alpha value is -1.44. The van der Waals surface area contributed by atoms with E-state index < -0.39 is 0 Å². The highest BCUT2D eigenvalue weighted by Gasteiger charge is 2.10. The van der Waals surface area contributed by atoms with Crippen molar-refractivity contribution in [2.75, 3.05) is 7.11 Å². The van der Waals surface area contributed by atoms with Gasteiger partial charge in [0.25, 0.3) is 0 Å². The molecule has 4 heteroatoms. The second-order valence-electron chi connectivity index (χ2n) is 3.48. The average Bonchev–Trinajstić information content (AvgIpc) is 2.40. The first kappa shape index (κ1) is 13.0. The summed E-state index contributed by atoms with van der Waals surface area (Å²) >= 11 is 4.92. The Labute approximate surface area is 119 Å². The van der Waals surface area contributed by atoms with Gasteiger partial charge < -0.3 is 4.74 Å². The quantitative estimate of drug-likeness (QED) is 0.836. The van der Waals surface area contributed by atoms with Gasteiger partial charge in [0.1, 0.15) is 11.8 Å². The molecule has 0 aliphatic heterocycles. The van der Waals surface area contributed by atoms with Crippen LogP contribution in [0.2, 0.25) is 0 Å². The van der Waals surface area contributed by atoms with Gasteiger partial charge in [-0.15, -0.1) is 0 Å². The number of ether oxygens (including phenoxy) is 1. The third-order valence-corrected chi connectivity index (χ3v) is 4.15. The van der Waals surface area contributed by atoms with Crippen molar-refractivity contribution in [2.24, 2.45) is 0 Å². The molecule has 0 radical (unpaired) electrons. The fourth-order valence-electron chi connectivity index (χ4n) is 1.52. The molecule has 18 heavy (non-hydrogen) atoms. The highest BCUT2D eigenvalue weighted by atomic mass is 79.9. The summed E-state index contributed by atoms with van der Waals surface area (Å²) in [5.41, 5.74) is 0.647. The number of para-hydroxylation sites is 1. The van der Waals surface area contributed by atoms with Crippen LogP contribution in [0.15, 0.2) is 56.7 Å². The lowest BCUT2D eigenvalue weighted by atomic mass is 10.2. The van der Waals surface area contributed by atoms with Crippen LogP contribution in [0.4, 0.5) is 0 Å². The molecule has 0 saturated heterocycles. The fraction of sp³-hybridized carbons (Fsp3) is 0.0714. The molecule has 0 atom stereocenters. The monoisotopic (exact) mass is 319 g/mol. The molecule has 0 aromatic heterocycles. The van der Waals surface area contributed by atoms with Crippen LogP contribution in [0, 0.1) is 11.3 Å². The van der Waals surface area contributed by atoms with E-state index in [-0.39, 0.29) is 0 Å². The smallest absolute Gasteiger partial charge is 0.132 e. The maximum atomic E-state index is 9.18. The highest BCUT2D eigenvalue weighted by Crippen LogP contribution is 2.37. The number of methoxy groups -OCH3 is 1. The molecular formula is C14H10BrNOS. The van der Waals surface area contributed by atoms with E-state index >= 15 is 0 Å². The van der Waals surface area contributed by atoms with Crippen molar-refractivity contribution in [3.8, 4) is 11.8 Å². The Bertz CT molecular complexity index is 607. The second-order valence-corrected chi connectivity index (χ2v) is 5.42. The molecule has 0 spiro atoms. The van der Waals surface area contributed by atoms with Crippen molar-refractivity contribution in [1.29, 1.82) is 5.26 Å². The molecule has 0 N–H and O–H groups in total. The fourth-order valence-corrected chi connectivity index (χ4v) is 3.15. The van der Waals surface area contributed by atoms with Gasteiger partial charge in [0.2, 0.25) is 0 Å². The minimum absolute atomic E-state index is 0.647. The van der Waals surface area contributed by atoms with Crippen molar-refractivity contribution in [3.63, 3.8) is 0 Å². The Morgan fingerprint density at radius 3 is 2.56 bits per heavy atom. The summed E-state index contributed by atoms with van der Waals surface area (Å²) in [5.74, 6) is 0.811. The maximum Gasteiger partial charge on any atom is 0.132 e. The molecule has 0 heterocycles. The lowest BCUT2D eigenvalue weighted by Crippen LogP contribution is -1.87. The van der Waals surface area contributed by atoms with Gasteiger partial charge in [-0.1, -0.05) is 30.0 Å². The lowest BCUT2D eigenvalue weighted by molar-refractivity contribution is 0.405. The van der Waals surface area contributed by atoms with Crippen molar-refractivity contribution < 1.29 is 4.74 Å². The summed E-state index contributed by atoms with van der Waals surface area (Å²) in [6, 6.07) is 15.7. The molecule has 2 aromatic rings. The van der Waals surface area contributed by atoms with E-state index in [1.165, 1.54) is 11.8 Å². The largest absolute Gasteiger partial charge is 0.496 e. The van der Waals surface area contributed by atoms with Crippen molar-refractivity contribution in [2.45, 2.75) is 9.79 Å². The second kappa shape index (κ2) is 5.94. The predicted octanol–water partition coefficient (Wildman–Crippen LogP) is 4.48. The number of hydrogen-bond acceptors (Lipinski definition) is 3. The van der Waals surface area contributed by atoms with E-state index in [0.29, 0.717) is 5.56 Å². The molecule has 2 rings (SSSR count). The summed E-state index contributed by atoms with van der Waals surface area (Å²) in [7, 11) is 1.64. The number of halogens is 1. The van der Waals surface area contributed by atoms with Gasteiger partial charge >= 0.3 is 0 Å². The van der Waals surface area contributed by atoms with E-state index in [4.69, 9.17) is 4.74 Å². The van der Waals surface area contributed by atoms with Crippen molar-refractivity contribution in [3.05, 3.63) is 52.5 Å². The minimum atomic E-state index is 0.647. The predicted molar refractivity (Wildman–Crippen MR) is 76.0 cm³/mol. The van der Waals surface area contributed by atoms with Crippen LogP contribution < -0.4 is 4.74 Å². The summed E-state index contributed by atoms with van der Waals surface area (Å²) in [4.78, 5) is 1.91. The molecule has 0 saturated carbocycles. The van der Waals surface area contributed by atoms with Crippen LogP contribution >= 0.6 is 27.7 Å². The zero-order chi connectivity index (χ0) is 13.0. The summed E-state index contributed by atoms with van der Waals surface area (Å²) < 4.78 is 6.12. The molecule has 0 aliphatic carbocycles. The van der Waals surface area contributed by atoms with Gasteiger partial charge in [-0.3, -0.25) is 0 Å². The molecule has 0 aliphatic rings. The van der Waals surface area contributed by atoms with Gasteiger partial charge in [-0.25, -0.2) is 0 Å². The van der Waals surface area contributed by atoms with E-state index in [0.717, 1.165) is 20.0 Å². The van der Waals surface area contributed by atoms with Crippen LogP contribution in [0.25, 0.3) is 0 Å². The first-order chi connectivity index (χ1) is 8.76. The topological polar surface area (TPSA) is 33.0 Å². The van der Waals surface area contributed by atoms with E-state index in [1.807, 2.05) is 42.5 Å². The Kier molecular flexibility index (Phi) is 4.29. The summed E-state index contributed by atoms with van der Waals surface area (Å²) in [5, 5.41) is 9.18. The van der Waals surface area contributed by atoms with Gasteiger partial charge in [-0.2, -0.15) is 5.26 Å². The van der Waals surface area contributed by atoms with Gasteiger partial charge in [0, 0.05) is 9.37 Å². The van der Waals surface area contributed by atoms with E-state index in [1.54, 1.807) is 7.11 Å². The zero-order valence-electron chi connectivity index (χ0n) is 9.68. The first-order valence-corrected chi connectivity index (χ1v) is 6.86. The average molecular weight is 320 g/mol. The van der Waals surface area contributed by atoms with Crippen LogP contribution in [0.3, 0.4) is 0 Å². The molecule has 0 bridgehead atoms. The minimum Gasteiger partial charge on any atom is -0.496 e. The number of benzene rings is 2. The Balaban J connectivity index is 2.41. The normalized spacial score (nSPS) is 9.83. The lowest BCUT2D eigenvalue weighted by Gasteiger charge is -2.09. The van der Waals surface area contributed by atoms with Crippen molar-refractivity contribution >= 4 is 27.7 Å². The van der Waals surface area contributed by atoms with E-state index in [2.05, 4.69) is 22.0 Å². The third-order valence-electron chi connectivity index (χ3n) is 2.38. The molecule has 90 valence electrons. The molecule has 2 nitrogen and oxygen atoms in total. The molecular weight excluding hydrogens is 310 g/mol. The van der Waals surface area contributed by atoms with Crippen LogP contribution in [-0.2, 0) is 0 Å².